The lowest BCUT2D eigenvalue weighted by molar-refractivity contribution is 0.270. The molecule has 0 amide bonds. The summed E-state index contributed by atoms with van der Waals surface area (Å²) in [5, 5.41) is 0.693. The van der Waals surface area contributed by atoms with Crippen molar-refractivity contribution in [3.63, 3.8) is 0 Å². The van der Waals surface area contributed by atoms with Crippen LogP contribution in [-0.2, 0) is 7.05 Å². The third-order valence-electron chi connectivity index (χ3n) is 5.05. The number of aromatic nitrogens is 4. The standard InChI is InChI=1S/C20H23ClN6/c1-3-26-9-11-27(12-10-26)20-23-14-17(15-5-4-6-16(21)13-15)18(24-20)19-22-7-8-25(19)2/h4-8,13-14H,3,9-12H2,1-2H3. The van der Waals surface area contributed by atoms with Crippen molar-refractivity contribution < 1.29 is 0 Å². The Balaban J connectivity index is 1.76. The highest BCUT2D eigenvalue weighted by molar-refractivity contribution is 6.30. The Kier molecular flexibility index (Phi) is 5.09. The van der Waals surface area contributed by atoms with Gasteiger partial charge in [-0.2, -0.15) is 0 Å². The number of imidazole rings is 1. The van der Waals surface area contributed by atoms with E-state index >= 15 is 0 Å². The normalized spacial score (nSPS) is 15.3. The number of nitrogens with zero attached hydrogens (tertiary/aromatic N) is 6. The Labute approximate surface area is 164 Å². The van der Waals surface area contributed by atoms with Gasteiger partial charge >= 0.3 is 0 Å². The molecule has 0 atom stereocenters. The van der Waals surface area contributed by atoms with Gasteiger partial charge in [0.05, 0.1) is 0 Å². The van der Waals surface area contributed by atoms with Crippen molar-refractivity contribution in [2.45, 2.75) is 6.92 Å². The van der Waals surface area contributed by atoms with Crippen LogP contribution < -0.4 is 4.90 Å². The minimum absolute atomic E-state index is 0.693. The molecule has 0 N–H and O–H groups in total. The molecule has 1 aliphatic rings. The van der Waals surface area contributed by atoms with Crippen LogP contribution in [0.5, 0.6) is 0 Å². The van der Waals surface area contributed by atoms with Gasteiger partial charge in [-0.3, -0.25) is 0 Å². The van der Waals surface area contributed by atoms with Crippen LogP contribution >= 0.6 is 11.6 Å². The van der Waals surface area contributed by atoms with Crippen LogP contribution in [-0.4, -0.2) is 57.1 Å². The zero-order valence-corrected chi connectivity index (χ0v) is 16.4. The molecule has 140 valence electrons. The molecule has 1 saturated heterocycles. The molecule has 0 spiro atoms. The number of benzene rings is 1. The van der Waals surface area contributed by atoms with Gasteiger partial charge in [-0.05, 0) is 24.2 Å². The third-order valence-corrected chi connectivity index (χ3v) is 5.28. The summed E-state index contributed by atoms with van der Waals surface area (Å²) in [4.78, 5) is 18.8. The number of piperazine rings is 1. The van der Waals surface area contributed by atoms with Crippen molar-refractivity contribution in [3.8, 4) is 22.6 Å². The monoisotopic (exact) mass is 382 g/mol. The largest absolute Gasteiger partial charge is 0.338 e. The van der Waals surface area contributed by atoms with Gasteiger partial charge in [0.2, 0.25) is 5.95 Å². The van der Waals surface area contributed by atoms with Gasteiger partial charge < -0.3 is 14.4 Å². The lowest BCUT2D eigenvalue weighted by atomic mass is 10.1. The molecular formula is C20H23ClN6. The molecule has 6 nitrogen and oxygen atoms in total. The second kappa shape index (κ2) is 7.66. The topological polar surface area (TPSA) is 50.1 Å². The van der Waals surface area contributed by atoms with E-state index in [-0.39, 0.29) is 0 Å². The molecule has 2 aromatic heterocycles. The van der Waals surface area contributed by atoms with Crippen molar-refractivity contribution in [3.05, 3.63) is 47.9 Å². The minimum atomic E-state index is 0.693. The van der Waals surface area contributed by atoms with E-state index in [1.165, 1.54) is 0 Å². The highest BCUT2D eigenvalue weighted by atomic mass is 35.5. The minimum Gasteiger partial charge on any atom is -0.338 e. The molecule has 3 aromatic rings. The van der Waals surface area contributed by atoms with E-state index in [9.17, 15) is 0 Å². The Hall–Kier alpha value is -2.44. The van der Waals surface area contributed by atoms with E-state index in [0.717, 1.165) is 61.3 Å². The molecule has 0 bridgehead atoms. The van der Waals surface area contributed by atoms with Crippen LogP contribution in [0.4, 0.5) is 5.95 Å². The van der Waals surface area contributed by atoms with Crippen LogP contribution in [0.1, 0.15) is 6.92 Å². The second-order valence-electron chi connectivity index (χ2n) is 6.73. The SMILES string of the molecule is CCN1CCN(c2ncc(-c3cccc(Cl)c3)c(-c3nccn3C)n2)CC1. The number of hydrogen-bond donors (Lipinski definition) is 0. The van der Waals surface area contributed by atoms with Crippen LogP contribution in [0.3, 0.4) is 0 Å². The number of aryl methyl sites for hydroxylation is 1. The zero-order chi connectivity index (χ0) is 18.8. The molecule has 1 aromatic carbocycles. The molecule has 1 aliphatic heterocycles. The molecule has 0 aliphatic carbocycles. The highest BCUT2D eigenvalue weighted by Gasteiger charge is 2.21. The lowest BCUT2D eigenvalue weighted by Crippen LogP contribution is -2.46. The van der Waals surface area contributed by atoms with Gasteiger partial charge in [-0.15, -0.1) is 0 Å². The quantitative estimate of drug-likeness (QED) is 0.692. The number of anilines is 1. The van der Waals surface area contributed by atoms with Gasteiger partial charge in [-0.1, -0.05) is 30.7 Å². The summed E-state index contributed by atoms with van der Waals surface area (Å²) in [6.07, 6.45) is 5.61. The summed E-state index contributed by atoms with van der Waals surface area (Å²) >= 11 is 6.21. The average Bonchev–Trinajstić information content (AvgIpc) is 3.13. The summed E-state index contributed by atoms with van der Waals surface area (Å²) < 4.78 is 1.98. The number of hydrogen-bond acceptors (Lipinski definition) is 5. The second-order valence-corrected chi connectivity index (χ2v) is 7.16. The third kappa shape index (κ3) is 3.68. The number of rotatable bonds is 4. The van der Waals surface area contributed by atoms with Gasteiger partial charge in [0.1, 0.15) is 5.69 Å². The van der Waals surface area contributed by atoms with Crippen LogP contribution in [0.2, 0.25) is 5.02 Å². The fourth-order valence-electron chi connectivity index (χ4n) is 3.42. The van der Waals surface area contributed by atoms with Crippen molar-refractivity contribution in [2.24, 2.45) is 7.05 Å². The van der Waals surface area contributed by atoms with E-state index in [4.69, 9.17) is 16.6 Å². The molecular weight excluding hydrogens is 360 g/mol. The molecule has 4 rings (SSSR count). The molecule has 3 heterocycles. The maximum absolute atomic E-state index is 6.21. The van der Waals surface area contributed by atoms with Crippen molar-refractivity contribution >= 4 is 17.5 Å². The Morgan fingerprint density at radius 1 is 1.11 bits per heavy atom. The zero-order valence-electron chi connectivity index (χ0n) is 15.6. The molecule has 27 heavy (non-hydrogen) atoms. The van der Waals surface area contributed by atoms with E-state index in [1.807, 2.05) is 48.3 Å². The first kappa shape index (κ1) is 17.9. The van der Waals surface area contributed by atoms with Crippen molar-refractivity contribution in [1.82, 2.24) is 24.4 Å². The molecule has 7 heteroatoms. The Bertz CT molecular complexity index is 930. The average molecular weight is 383 g/mol. The summed E-state index contributed by atoms with van der Waals surface area (Å²) in [5.74, 6) is 1.58. The van der Waals surface area contributed by atoms with Gasteiger partial charge in [-0.25, -0.2) is 15.0 Å². The number of halogens is 1. The first-order valence-corrected chi connectivity index (χ1v) is 9.61. The molecule has 0 unspecified atom stereocenters. The first-order chi connectivity index (χ1) is 13.2. The molecule has 0 saturated carbocycles. The fourth-order valence-corrected chi connectivity index (χ4v) is 3.61. The maximum Gasteiger partial charge on any atom is 0.226 e. The van der Waals surface area contributed by atoms with E-state index in [0.29, 0.717) is 5.02 Å². The predicted octanol–water partition coefficient (Wildman–Crippen LogP) is 3.34. The lowest BCUT2D eigenvalue weighted by Gasteiger charge is -2.34. The van der Waals surface area contributed by atoms with Gasteiger partial charge in [0.25, 0.3) is 0 Å². The molecule has 0 radical (unpaired) electrons. The van der Waals surface area contributed by atoms with Crippen molar-refractivity contribution in [1.29, 1.82) is 0 Å². The Morgan fingerprint density at radius 3 is 2.59 bits per heavy atom. The van der Waals surface area contributed by atoms with Gasteiger partial charge in [0, 0.05) is 62.4 Å². The highest BCUT2D eigenvalue weighted by Crippen LogP contribution is 2.31. The summed E-state index contributed by atoms with van der Waals surface area (Å²) in [6, 6.07) is 7.77. The predicted molar refractivity (Wildman–Crippen MR) is 109 cm³/mol. The van der Waals surface area contributed by atoms with Crippen molar-refractivity contribution in [2.75, 3.05) is 37.6 Å². The van der Waals surface area contributed by atoms with E-state index in [1.54, 1.807) is 6.20 Å². The fraction of sp³-hybridized carbons (Fsp3) is 0.350. The summed E-state index contributed by atoms with van der Waals surface area (Å²) in [6.45, 7) is 7.22. The Morgan fingerprint density at radius 2 is 1.93 bits per heavy atom. The van der Waals surface area contributed by atoms with Crippen LogP contribution in [0.25, 0.3) is 22.6 Å². The van der Waals surface area contributed by atoms with Crippen LogP contribution in [0.15, 0.2) is 42.9 Å². The molecule has 1 fully saturated rings. The van der Waals surface area contributed by atoms with E-state index in [2.05, 4.69) is 26.7 Å². The maximum atomic E-state index is 6.21. The van der Waals surface area contributed by atoms with Crippen LogP contribution in [0, 0.1) is 0 Å². The summed E-state index contributed by atoms with van der Waals surface area (Å²) in [5.41, 5.74) is 2.75. The number of likely N-dealkylation sites (N-methyl/N-ethyl adjacent to an activating group) is 1. The van der Waals surface area contributed by atoms with E-state index < -0.39 is 0 Å². The van der Waals surface area contributed by atoms with Gasteiger partial charge in [0.15, 0.2) is 5.82 Å². The summed E-state index contributed by atoms with van der Waals surface area (Å²) in [7, 11) is 1.98. The first-order valence-electron chi connectivity index (χ1n) is 9.23. The smallest absolute Gasteiger partial charge is 0.226 e.